The van der Waals surface area contributed by atoms with Gasteiger partial charge in [0.15, 0.2) is 18.9 Å². The number of unbranched alkanes of at least 4 members (excludes halogenated alkanes) is 51. The summed E-state index contributed by atoms with van der Waals surface area (Å²) in [6, 6.07) is -0.970. The van der Waals surface area contributed by atoms with Crippen molar-refractivity contribution in [3.63, 3.8) is 0 Å². The van der Waals surface area contributed by atoms with E-state index >= 15 is 0 Å². The van der Waals surface area contributed by atoms with Gasteiger partial charge in [0.2, 0.25) is 5.91 Å². The van der Waals surface area contributed by atoms with Gasteiger partial charge < -0.3 is 89.9 Å². The molecule has 12 N–H and O–H groups in total. The minimum Gasteiger partial charge on any atom is -0.394 e. The molecular weight excluding hydrogens is 1260 g/mol. The Morgan fingerprint density at radius 3 is 0.949 bits per heavy atom. The first-order chi connectivity index (χ1) is 48.3. The zero-order chi connectivity index (χ0) is 71.8. The summed E-state index contributed by atoms with van der Waals surface area (Å²) in [7, 11) is 0. The van der Waals surface area contributed by atoms with Crippen LogP contribution < -0.4 is 5.32 Å². The van der Waals surface area contributed by atoms with Crippen LogP contribution in [0.2, 0.25) is 0 Å². The molecule has 1 amide bonds. The molecule has 19 heteroatoms. The van der Waals surface area contributed by atoms with Gasteiger partial charge in [-0.15, -0.1) is 0 Å². The highest BCUT2D eigenvalue weighted by atomic mass is 16.8. The van der Waals surface area contributed by atoms with E-state index in [4.69, 9.17) is 28.4 Å². The van der Waals surface area contributed by atoms with Gasteiger partial charge in [-0.05, 0) is 19.3 Å². The van der Waals surface area contributed by atoms with Crippen LogP contribution in [0.5, 0.6) is 0 Å². The maximum Gasteiger partial charge on any atom is 0.220 e. The Hall–Kier alpha value is -1.47. The quantitative estimate of drug-likeness (QED) is 0.0199. The Labute approximate surface area is 601 Å². The molecule has 0 radical (unpaired) electrons. The first-order valence-corrected chi connectivity index (χ1v) is 41.4. The number of aliphatic hydroxyl groups excluding tert-OH is 11. The molecule has 3 saturated heterocycles. The second-order valence-electron chi connectivity index (χ2n) is 30.0. The topological polar surface area (TPSA) is 307 Å². The predicted octanol–water partition coefficient (Wildman–Crippen LogP) is 14.0. The summed E-state index contributed by atoms with van der Waals surface area (Å²) in [5, 5.41) is 121. The van der Waals surface area contributed by atoms with E-state index < -0.39 is 124 Å². The van der Waals surface area contributed by atoms with Crippen LogP contribution in [0.1, 0.15) is 361 Å². The summed E-state index contributed by atoms with van der Waals surface area (Å²) in [4.78, 5) is 13.5. The second-order valence-corrected chi connectivity index (χ2v) is 30.0. The molecule has 19 nitrogen and oxygen atoms in total. The number of carbonyl (C=O) groups excluding carboxylic acids is 1. The summed E-state index contributed by atoms with van der Waals surface area (Å²) in [5.41, 5.74) is 0. The van der Waals surface area contributed by atoms with Crippen molar-refractivity contribution in [3.8, 4) is 0 Å². The minimum absolute atomic E-state index is 0.250. The molecule has 99 heavy (non-hydrogen) atoms. The zero-order valence-electron chi connectivity index (χ0n) is 62.8. The summed E-state index contributed by atoms with van der Waals surface area (Å²) < 4.78 is 34.5. The largest absolute Gasteiger partial charge is 0.394 e. The maximum atomic E-state index is 13.5. The smallest absolute Gasteiger partial charge is 0.220 e. The number of hydrogen-bond acceptors (Lipinski definition) is 18. The van der Waals surface area contributed by atoms with Crippen molar-refractivity contribution < 1.29 is 89.4 Å². The Kier molecular flexibility index (Phi) is 57.1. The van der Waals surface area contributed by atoms with E-state index in [9.17, 15) is 61.0 Å². The normalized spacial score (nSPS) is 26.6. The predicted molar refractivity (Wildman–Crippen MR) is 393 cm³/mol. The molecule has 0 aromatic heterocycles. The molecule has 0 saturated carbocycles. The van der Waals surface area contributed by atoms with Crippen molar-refractivity contribution in [2.24, 2.45) is 0 Å². The van der Waals surface area contributed by atoms with Gasteiger partial charge in [0.05, 0.1) is 38.6 Å². The number of hydrogen-bond donors (Lipinski definition) is 12. The van der Waals surface area contributed by atoms with Crippen LogP contribution in [0.15, 0.2) is 12.2 Å². The Bertz CT molecular complexity index is 1840. The number of ether oxygens (including phenoxy) is 6. The van der Waals surface area contributed by atoms with Gasteiger partial charge in [0.25, 0.3) is 0 Å². The highest BCUT2D eigenvalue weighted by molar-refractivity contribution is 5.76. The summed E-state index contributed by atoms with van der Waals surface area (Å²) in [6.45, 7) is 1.80. The lowest BCUT2D eigenvalue weighted by molar-refractivity contribution is -0.379. The van der Waals surface area contributed by atoms with E-state index in [0.29, 0.717) is 6.42 Å². The van der Waals surface area contributed by atoms with Crippen LogP contribution in [0, 0.1) is 0 Å². The lowest BCUT2D eigenvalue weighted by atomic mass is 9.96. The fourth-order valence-corrected chi connectivity index (χ4v) is 14.4. The first-order valence-electron chi connectivity index (χ1n) is 41.4. The number of carbonyl (C=O) groups is 1. The molecule has 3 fully saturated rings. The lowest BCUT2D eigenvalue weighted by Crippen LogP contribution is -2.66. The number of rotatable bonds is 67. The van der Waals surface area contributed by atoms with Crippen molar-refractivity contribution in [3.05, 3.63) is 12.2 Å². The summed E-state index contributed by atoms with van der Waals surface area (Å²) >= 11 is 0. The van der Waals surface area contributed by atoms with E-state index in [1.165, 1.54) is 289 Å². The highest BCUT2D eigenvalue weighted by Crippen LogP contribution is 2.33. The first kappa shape index (κ1) is 91.7. The average molecular weight is 1420 g/mol. The van der Waals surface area contributed by atoms with Crippen LogP contribution in [-0.4, -0.2) is 193 Å². The molecule has 3 aliphatic rings. The number of allylic oxidation sites excluding steroid dienone is 1. The molecule has 586 valence electrons. The van der Waals surface area contributed by atoms with E-state index in [1.54, 1.807) is 6.08 Å². The SMILES string of the molecule is CCCCCCCCCCCCCCCCCCCCC/C=C/C(O)C(COC1OC(CO)C(OC2OC(CO)C(OC3OC(CO)C(O)C(O)C3O)C(O)C2O)C(O)C1O)NC(=O)CCCCCCCCCCCCCCCCCCCCCCCCCCCCCCCCCCC. The van der Waals surface area contributed by atoms with Gasteiger partial charge in [0.1, 0.15) is 73.2 Å². The molecule has 17 atom stereocenters. The second kappa shape index (κ2) is 61.7. The summed E-state index contributed by atoms with van der Waals surface area (Å²) in [5.74, 6) is -0.266. The highest BCUT2D eigenvalue weighted by Gasteiger charge is 2.54. The fraction of sp³-hybridized carbons (Fsp3) is 0.963. The third-order valence-corrected chi connectivity index (χ3v) is 21.1. The van der Waals surface area contributed by atoms with Crippen molar-refractivity contribution in [2.45, 2.75) is 465 Å². The van der Waals surface area contributed by atoms with Crippen LogP contribution >= 0.6 is 0 Å². The molecule has 3 rings (SSSR count). The monoisotopic (exact) mass is 1420 g/mol. The summed E-state index contributed by atoms with van der Waals surface area (Å²) in [6.07, 6.45) is 46.4. The van der Waals surface area contributed by atoms with Gasteiger partial charge in [-0.3, -0.25) is 4.79 Å². The van der Waals surface area contributed by atoms with E-state index in [1.807, 2.05) is 6.08 Å². The van der Waals surface area contributed by atoms with E-state index in [-0.39, 0.29) is 18.9 Å². The van der Waals surface area contributed by atoms with Crippen LogP contribution in [-0.2, 0) is 33.2 Å². The zero-order valence-corrected chi connectivity index (χ0v) is 62.8. The van der Waals surface area contributed by atoms with Gasteiger partial charge in [-0.25, -0.2) is 0 Å². The van der Waals surface area contributed by atoms with Crippen molar-refractivity contribution >= 4 is 5.91 Å². The third kappa shape index (κ3) is 41.9. The average Bonchev–Trinajstić information content (AvgIpc) is 0.784. The van der Waals surface area contributed by atoms with E-state index in [2.05, 4.69) is 19.2 Å². The van der Waals surface area contributed by atoms with Crippen LogP contribution in [0.3, 0.4) is 0 Å². The van der Waals surface area contributed by atoms with Crippen LogP contribution in [0.25, 0.3) is 0 Å². The number of amides is 1. The molecule has 0 aromatic carbocycles. The molecular formula is C80H153NO18. The molecule has 3 heterocycles. The number of aliphatic hydroxyl groups is 11. The van der Waals surface area contributed by atoms with Gasteiger partial charge in [-0.2, -0.15) is 0 Å². The van der Waals surface area contributed by atoms with Crippen molar-refractivity contribution in [1.29, 1.82) is 0 Å². The van der Waals surface area contributed by atoms with Crippen molar-refractivity contribution in [1.82, 2.24) is 5.32 Å². The molecule has 17 unspecified atom stereocenters. The molecule has 0 aromatic rings. The molecule has 0 spiro atoms. The molecule has 0 aliphatic carbocycles. The Morgan fingerprint density at radius 2 is 0.626 bits per heavy atom. The van der Waals surface area contributed by atoms with Gasteiger partial charge in [0, 0.05) is 6.42 Å². The lowest BCUT2D eigenvalue weighted by Gasteiger charge is -2.48. The maximum absolute atomic E-state index is 13.5. The molecule has 0 bridgehead atoms. The van der Waals surface area contributed by atoms with Crippen LogP contribution in [0.4, 0.5) is 0 Å². The van der Waals surface area contributed by atoms with Crippen molar-refractivity contribution in [2.75, 3.05) is 26.4 Å². The minimum atomic E-state index is -1.98. The van der Waals surface area contributed by atoms with Gasteiger partial charge in [-0.1, -0.05) is 347 Å². The molecule has 3 aliphatic heterocycles. The van der Waals surface area contributed by atoms with Gasteiger partial charge >= 0.3 is 0 Å². The fourth-order valence-electron chi connectivity index (χ4n) is 14.4. The Morgan fingerprint density at radius 1 is 0.354 bits per heavy atom. The van der Waals surface area contributed by atoms with E-state index in [0.717, 1.165) is 44.9 Å². The third-order valence-electron chi connectivity index (χ3n) is 21.1. The number of nitrogens with one attached hydrogen (secondary N) is 1. The standard InChI is InChI=1S/C80H153NO18/c1-3-5-7-9-11-13-15-17-19-21-23-25-26-27-28-29-30-31-32-33-34-35-36-38-40-42-44-46-48-50-52-54-56-58-68(86)81-63(64(85)57-55-53-51-49-47-45-43-41-39-37-24-22-20-18-16-14-12-10-8-6-4-2)62-94-78-74(92)71(89)76(66(60-83)96-78)99-80-75(93)72(90)77(67(61-84)97-80)98-79-73(91)70(88)69(87)65(59-82)95-79/h55,57,63-67,69-80,82-85,87-93H,3-54,56,58-62H2,1-2H3,(H,81,86)/b57-55+. The Balaban J connectivity index is 1.34.